The molecule has 0 spiro atoms. The molecule has 2 atom stereocenters. The molecule has 0 amide bonds. The van der Waals surface area contributed by atoms with Crippen molar-refractivity contribution in [1.82, 2.24) is 9.13 Å². The molecule has 0 bridgehead atoms. The third-order valence-corrected chi connectivity index (χ3v) is 9.26. The Kier molecular flexibility index (Phi) is 8.07. The number of halogens is 5. The van der Waals surface area contributed by atoms with Crippen molar-refractivity contribution in [2.45, 2.75) is 43.0 Å². The van der Waals surface area contributed by atoms with Crippen LogP contribution in [0.4, 0.5) is 17.6 Å². The molecule has 0 saturated heterocycles. The van der Waals surface area contributed by atoms with Gasteiger partial charge in [-0.2, -0.15) is 13.2 Å². The number of aliphatic carboxylic acids is 1. The summed E-state index contributed by atoms with van der Waals surface area (Å²) < 4.78 is 54.5. The van der Waals surface area contributed by atoms with E-state index < -0.39 is 57.2 Å². The first-order chi connectivity index (χ1) is 16.6. The fraction of sp³-hybridized carbons (Fsp3) is 0.455. The summed E-state index contributed by atoms with van der Waals surface area (Å²) in [6.45, 7) is 3.16. The van der Waals surface area contributed by atoms with E-state index in [9.17, 15) is 41.8 Å². The second-order valence-electron chi connectivity index (χ2n) is 8.57. The van der Waals surface area contributed by atoms with Crippen molar-refractivity contribution >= 4 is 46.2 Å². The van der Waals surface area contributed by atoms with Crippen LogP contribution in [0.15, 0.2) is 32.7 Å². The average Bonchev–Trinajstić information content (AvgIpc) is 3.57. The molecule has 2 unspecified atom stereocenters. The lowest BCUT2D eigenvalue weighted by Crippen LogP contribution is -2.41. The fourth-order valence-electron chi connectivity index (χ4n) is 3.60. The summed E-state index contributed by atoms with van der Waals surface area (Å²) in [7, 11) is 0.806. The molecular formula is C22H21ClF4N2O5S2. The van der Waals surface area contributed by atoms with Gasteiger partial charge in [0, 0.05) is 23.8 Å². The Morgan fingerprint density at radius 2 is 1.81 bits per heavy atom. The largest absolute Gasteiger partial charge is 0.481 e. The highest BCUT2D eigenvalue weighted by Gasteiger charge is 2.50. The lowest BCUT2D eigenvalue weighted by atomic mass is 9.93. The zero-order chi connectivity index (χ0) is 27.2. The van der Waals surface area contributed by atoms with Gasteiger partial charge in [0.2, 0.25) is 5.12 Å². The molecule has 1 aliphatic carbocycles. The molecule has 1 aliphatic rings. The van der Waals surface area contributed by atoms with E-state index in [0.717, 1.165) is 42.7 Å². The predicted molar refractivity (Wildman–Crippen MR) is 129 cm³/mol. The van der Waals surface area contributed by atoms with Crippen LogP contribution in [0.3, 0.4) is 0 Å². The van der Waals surface area contributed by atoms with Crippen LogP contribution in [0.1, 0.15) is 32.4 Å². The van der Waals surface area contributed by atoms with Crippen molar-refractivity contribution in [1.29, 1.82) is 0 Å². The number of benzene rings is 1. The number of nitrogens with zero attached hydrogens (tertiary/aromatic N) is 2. The molecular weight excluding hydrogens is 548 g/mol. The molecule has 2 aromatic rings. The van der Waals surface area contributed by atoms with E-state index in [4.69, 9.17) is 11.6 Å². The number of alkyl halides is 3. The van der Waals surface area contributed by atoms with Crippen molar-refractivity contribution in [3.8, 4) is 5.69 Å². The van der Waals surface area contributed by atoms with Gasteiger partial charge >= 0.3 is 17.8 Å². The molecule has 1 fully saturated rings. The topological polar surface area (TPSA) is 98.4 Å². The van der Waals surface area contributed by atoms with E-state index >= 15 is 0 Å². The van der Waals surface area contributed by atoms with Gasteiger partial charge in [-0.1, -0.05) is 30.3 Å². The summed E-state index contributed by atoms with van der Waals surface area (Å²) in [6.07, 6.45) is -3.57. The minimum atomic E-state index is -4.97. The van der Waals surface area contributed by atoms with Crippen LogP contribution >= 0.6 is 35.1 Å². The van der Waals surface area contributed by atoms with Crippen LogP contribution in [0.2, 0.25) is 5.02 Å². The molecule has 3 rings (SSSR count). The van der Waals surface area contributed by atoms with Crippen LogP contribution in [0.5, 0.6) is 0 Å². The van der Waals surface area contributed by atoms with E-state index in [2.05, 4.69) is 0 Å². The van der Waals surface area contributed by atoms with Gasteiger partial charge < -0.3 is 5.11 Å². The maximum Gasteiger partial charge on any atom is 0.431 e. The normalized spacial score (nSPS) is 16.4. The van der Waals surface area contributed by atoms with Crippen molar-refractivity contribution in [2.24, 2.45) is 18.4 Å². The quantitative estimate of drug-likeness (QED) is 0.367. The molecule has 1 N–H and O–H groups in total. The number of hydrogen-bond donors (Lipinski definition) is 1. The molecule has 36 heavy (non-hydrogen) atoms. The summed E-state index contributed by atoms with van der Waals surface area (Å²) in [5.41, 5.74) is -5.33. The van der Waals surface area contributed by atoms with Gasteiger partial charge in [-0.3, -0.25) is 19.0 Å². The van der Waals surface area contributed by atoms with E-state index in [1.165, 1.54) is 0 Å². The summed E-state index contributed by atoms with van der Waals surface area (Å²) in [5.74, 6) is -2.32. The maximum atomic E-state index is 14.7. The van der Waals surface area contributed by atoms with Crippen LogP contribution in [0.25, 0.3) is 5.69 Å². The molecule has 1 saturated carbocycles. The SMILES string of the molecule is CC(Sc1cc(-n2c(=O)cc(C(F)(F)F)n(C)c2=O)c(F)cc1Cl)C(=O)SCC1(C(C)C(=O)O)CC1. The van der Waals surface area contributed by atoms with Crippen LogP contribution in [-0.2, 0) is 22.8 Å². The van der Waals surface area contributed by atoms with Crippen LogP contribution in [0, 0.1) is 17.2 Å². The number of carbonyl (C=O) groups excluding carboxylic acids is 1. The Morgan fingerprint density at radius 3 is 2.33 bits per heavy atom. The zero-order valence-corrected chi connectivity index (χ0v) is 21.6. The lowest BCUT2D eigenvalue weighted by Gasteiger charge is -2.20. The Labute approximate surface area is 215 Å². The molecule has 0 aliphatic heterocycles. The summed E-state index contributed by atoms with van der Waals surface area (Å²) in [5, 5.41) is 8.13. The minimum absolute atomic E-state index is 0.124. The zero-order valence-electron chi connectivity index (χ0n) is 19.2. The molecule has 1 aromatic heterocycles. The highest BCUT2D eigenvalue weighted by Crippen LogP contribution is 2.54. The molecule has 0 radical (unpaired) electrons. The number of hydrogen-bond acceptors (Lipinski definition) is 6. The van der Waals surface area contributed by atoms with Gasteiger partial charge in [0.05, 0.1) is 21.9 Å². The van der Waals surface area contributed by atoms with Gasteiger partial charge in [-0.15, -0.1) is 11.8 Å². The lowest BCUT2D eigenvalue weighted by molar-refractivity contribution is -0.144. The van der Waals surface area contributed by atoms with E-state index in [1.54, 1.807) is 13.8 Å². The second kappa shape index (κ2) is 10.3. The molecule has 7 nitrogen and oxygen atoms in total. The molecule has 1 heterocycles. The van der Waals surface area contributed by atoms with E-state index in [0.29, 0.717) is 18.6 Å². The van der Waals surface area contributed by atoms with Crippen molar-refractivity contribution in [3.63, 3.8) is 0 Å². The summed E-state index contributed by atoms with van der Waals surface area (Å²) >= 11 is 8.01. The number of carboxylic acids is 1. The van der Waals surface area contributed by atoms with Crippen molar-refractivity contribution in [3.05, 3.63) is 55.6 Å². The number of carboxylic acid groups (broad SMARTS) is 1. The maximum absolute atomic E-state index is 14.7. The number of rotatable bonds is 8. The highest BCUT2D eigenvalue weighted by molar-refractivity contribution is 8.16. The van der Waals surface area contributed by atoms with Gasteiger partial charge in [0.1, 0.15) is 11.5 Å². The third kappa shape index (κ3) is 5.67. The molecule has 196 valence electrons. The second-order valence-corrected chi connectivity index (χ2v) is 11.3. The first kappa shape index (κ1) is 28.3. The Hall–Kier alpha value is -2.25. The highest BCUT2D eigenvalue weighted by atomic mass is 35.5. The summed E-state index contributed by atoms with van der Waals surface area (Å²) in [6, 6.07) is 2.03. The summed E-state index contributed by atoms with van der Waals surface area (Å²) in [4.78, 5) is 49.0. The van der Waals surface area contributed by atoms with Gasteiger partial charge in [0.15, 0.2) is 0 Å². The first-order valence-electron chi connectivity index (χ1n) is 10.5. The Balaban J connectivity index is 1.87. The van der Waals surface area contributed by atoms with Gasteiger partial charge in [-0.25, -0.2) is 13.8 Å². The van der Waals surface area contributed by atoms with Gasteiger partial charge in [-0.05, 0) is 37.3 Å². The standard InChI is InChI=1S/C22H21ClF4N2O5S2/c1-10(18(31)32)21(4-5-21)9-35-19(33)11(2)36-15-7-14(13(24)6-12(15)23)29-17(30)8-16(22(25,26)27)28(3)20(29)34/h6-8,10-11H,4-5,9H2,1-3H3,(H,31,32). The number of aromatic nitrogens is 2. The van der Waals surface area contributed by atoms with Crippen LogP contribution < -0.4 is 11.2 Å². The van der Waals surface area contributed by atoms with Gasteiger partial charge in [0.25, 0.3) is 5.56 Å². The first-order valence-corrected chi connectivity index (χ1v) is 12.8. The Morgan fingerprint density at radius 1 is 1.19 bits per heavy atom. The minimum Gasteiger partial charge on any atom is -0.481 e. The Bertz CT molecular complexity index is 1340. The number of thioether (sulfide) groups is 2. The van der Waals surface area contributed by atoms with Crippen molar-refractivity contribution < 1.29 is 32.3 Å². The monoisotopic (exact) mass is 568 g/mol. The van der Waals surface area contributed by atoms with Crippen molar-refractivity contribution in [2.75, 3.05) is 5.75 Å². The smallest absolute Gasteiger partial charge is 0.431 e. The molecule has 14 heteroatoms. The fourth-order valence-corrected chi connectivity index (χ4v) is 6.26. The van der Waals surface area contributed by atoms with E-state index in [-0.39, 0.29) is 30.2 Å². The van der Waals surface area contributed by atoms with E-state index in [1.807, 2.05) is 0 Å². The average molecular weight is 569 g/mol. The molecule has 1 aromatic carbocycles. The number of carbonyl (C=O) groups is 2. The third-order valence-electron chi connectivity index (χ3n) is 6.17. The predicted octanol–water partition coefficient (Wildman–Crippen LogP) is 4.59. The van der Waals surface area contributed by atoms with Crippen LogP contribution in [-0.4, -0.2) is 36.3 Å².